The first-order chi connectivity index (χ1) is 7.55. The topological polar surface area (TPSA) is 59.1 Å². The summed E-state index contributed by atoms with van der Waals surface area (Å²) in [5.41, 5.74) is 0.706. The minimum absolute atomic E-state index is 0.0493. The highest BCUT2D eigenvalue weighted by Crippen LogP contribution is 2.09. The fourth-order valence-corrected chi connectivity index (χ4v) is 2.86. The first-order valence-electron chi connectivity index (χ1n) is 5.02. The molecule has 0 aliphatic carbocycles. The summed E-state index contributed by atoms with van der Waals surface area (Å²) in [5.74, 6) is 0.395. The summed E-state index contributed by atoms with van der Waals surface area (Å²) in [4.78, 5) is 4.09. The summed E-state index contributed by atoms with van der Waals surface area (Å²) in [6.45, 7) is 1.76. The Balaban J connectivity index is 2.61. The quantitative estimate of drug-likeness (QED) is 0.794. The molecule has 1 rings (SSSR count). The number of hydrogen-bond acceptors (Lipinski definition) is 3. The van der Waals surface area contributed by atoms with Gasteiger partial charge in [-0.3, -0.25) is 4.98 Å². The van der Waals surface area contributed by atoms with Gasteiger partial charge in [0, 0.05) is 12.1 Å². The molecule has 0 spiro atoms. The van der Waals surface area contributed by atoms with Crippen LogP contribution in [-0.4, -0.2) is 25.0 Å². The van der Waals surface area contributed by atoms with E-state index in [1.807, 2.05) is 6.07 Å². The Morgan fingerprint density at radius 3 is 2.81 bits per heavy atom. The molecule has 4 nitrogen and oxygen atoms in total. The second-order valence-electron chi connectivity index (χ2n) is 3.46. The predicted molar refractivity (Wildman–Crippen MR) is 64.9 cm³/mol. The zero-order valence-electron chi connectivity index (χ0n) is 9.06. The van der Waals surface area contributed by atoms with Gasteiger partial charge in [-0.05, 0) is 25.5 Å². The van der Waals surface area contributed by atoms with Crippen LogP contribution in [0.4, 0.5) is 0 Å². The van der Waals surface area contributed by atoms with Crippen LogP contribution in [0, 0.1) is 0 Å². The SMILES string of the molecule is C[C@H](NS(=O)(=O)CCCCl)c1ccccn1. The highest BCUT2D eigenvalue weighted by atomic mass is 35.5. The van der Waals surface area contributed by atoms with Crippen molar-refractivity contribution in [2.75, 3.05) is 11.6 Å². The number of halogens is 1. The maximum Gasteiger partial charge on any atom is 0.212 e. The van der Waals surface area contributed by atoms with Gasteiger partial charge in [0.05, 0.1) is 17.5 Å². The third-order valence-electron chi connectivity index (χ3n) is 2.03. The maximum atomic E-state index is 11.6. The van der Waals surface area contributed by atoms with Gasteiger partial charge in [-0.25, -0.2) is 13.1 Å². The molecule has 1 atom stereocenters. The molecule has 1 aromatic rings. The largest absolute Gasteiger partial charge is 0.260 e. The molecule has 1 heterocycles. The van der Waals surface area contributed by atoms with E-state index in [0.29, 0.717) is 18.0 Å². The Labute approximate surface area is 101 Å². The second-order valence-corrected chi connectivity index (χ2v) is 5.71. The minimum atomic E-state index is -3.27. The lowest BCUT2D eigenvalue weighted by molar-refractivity contribution is 0.563. The molecule has 0 unspecified atom stereocenters. The van der Waals surface area contributed by atoms with Gasteiger partial charge < -0.3 is 0 Å². The van der Waals surface area contributed by atoms with Crippen LogP contribution in [0.25, 0.3) is 0 Å². The van der Waals surface area contributed by atoms with Crippen molar-refractivity contribution in [2.24, 2.45) is 0 Å². The number of nitrogens with zero attached hydrogens (tertiary/aromatic N) is 1. The molecule has 0 saturated heterocycles. The number of nitrogens with one attached hydrogen (secondary N) is 1. The summed E-state index contributed by atoms with van der Waals surface area (Å²) in [6, 6.07) is 5.08. The Morgan fingerprint density at radius 2 is 2.25 bits per heavy atom. The van der Waals surface area contributed by atoms with Crippen LogP contribution >= 0.6 is 11.6 Å². The fourth-order valence-electron chi connectivity index (χ4n) is 1.27. The molecule has 0 radical (unpaired) electrons. The van der Waals surface area contributed by atoms with Crippen LogP contribution in [0.1, 0.15) is 25.1 Å². The van der Waals surface area contributed by atoms with E-state index >= 15 is 0 Å². The van der Waals surface area contributed by atoms with Crippen molar-refractivity contribution in [1.82, 2.24) is 9.71 Å². The molecule has 0 amide bonds. The van der Waals surface area contributed by atoms with Crippen LogP contribution in [-0.2, 0) is 10.0 Å². The standard InChI is InChI=1S/C10H15ClN2O2S/c1-9(10-5-2-3-7-12-10)13-16(14,15)8-4-6-11/h2-3,5,7,9,13H,4,6,8H2,1H3/t9-/m0/s1. The zero-order chi connectivity index (χ0) is 12.0. The third-order valence-corrected chi connectivity index (χ3v) is 3.84. The van der Waals surface area contributed by atoms with Crippen LogP contribution in [0.2, 0.25) is 0 Å². The normalized spacial score (nSPS) is 13.6. The number of alkyl halides is 1. The highest BCUT2D eigenvalue weighted by Gasteiger charge is 2.15. The second kappa shape index (κ2) is 6.18. The Kier molecular flexibility index (Phi) is 5.18. The van der Waals surface area contributed by atoms with Crippen molar-refractivity contribution >= 4 is 21.6 Å². The van der Waals surface area contributed by atoms with Gasteiger partial charge in [0.1, 0.15) is 0 Å². The monoisotopic (exact) mass is 262 g/mol. The van der Waals surface area contributed by atoms with E-state index in [0.717, 1.165) is 0 Å². The smallest absolute Gasteiger partial charge is 0.212 e. The molecule has 1 aromatic heterocycles. The Morgan fingerprint density at radius 1 is 1.50 bits per heavy atom. The van der Waals surface area contributed by atoms with Crippen LogP contribution in [0.3, 0.4) is 0 Å². The van der Waals surface area contributed by atoms with Gasteiger partial charge in [-0.15, -0.1) is 11.6 Å². The Bertz CT molecular complexity index is 408. The summed E-state index contributed by atoms with van der Waals surface area (Å²) >= 11 is 5.46. The molecular formula is C10H15ClN2O2S. The minimum Gasteiger partial charge on any atom is -0.260 e. The van der Waals surface area contributed by atoms with Crippen molar-refractivity contribution in [2.45, 2.75) is 19.4 Å². The van der Waals surface area contributed by atoms with Crippen molar-refractivity contribution in [3.05, 3.63) is 30.1 Å². The van der Waals surface area contributed by atoms with E-state index in [1.165, 1.54) is 0 Å². The van der Waals surface area contributed by atoms with Crippen LogP contribution in [0.5, 0.6) is 0 Å². The Hall–Kier alpha value is -0.650. The van der Waals surface area contributed by atoms with Gasteiger partial charge >= 0.3 is 0 Å². The van der Waals surface area contributed by atoms with Crippen molar-refractivity contribution < 1.29 is 8.42 Å². The number of sulfonamides is 1. The van der Waals surface area contributed by atoms with E-state index < -0.39 is 10.0 Å². The van der Waals surface area contributed by atoms with Crippen LogP contribution in [0.15, 0.2) is 24.4 Å². The lowest BCUT2D eigenvalue weighted by atomic mass is 10.2. The average Bonchev–Trinajstić information content (AvgIpc) is 2.27. The highest BCUT2D eigenvalue weighted by molar-refractivity contribution is 7.89. The number of aromatic nitrogens is 1. The first kappa shape index (κ1) is 13.4. The fraction of sp³-hybridized carbons (Fsp3) is 0.500. The molecule has 0 bridgehead atoms. The molecule has 6 heteroatoms. The van der Waals surface area contributed by atoms with Crippen LogP contribution < -0.4 is 4.72 Å². The molecule has 0 aromatic carbocycles. The molecule has 0 saturated carbocycles. The van der Waals surface area contributed by atoms with Crippen molar-refractivity contribution in [3.63, 3.8) is 0 Å². The summed E-state index contributed by atoms with van der Waals surface area (Å²) in [5, 5.41) is 0. The number of pyridine rings is 1. The first-order valence-corrected chi connectivity index (χ1v) is 7.21. The lowest BCUT2D eigenvalue weighted by Gasteiger charge is -2.13. The molecular weight excluding hydrogens is 248 g/mol. The lowest BCUT2D eigenvalue weighted by Crippen LogP contribution is -2.29. The number of rotatable bonds is 6. The average molecular weight is 263 g/mol. The predicted octanol–water partition coefficient (Wildman–Crippen LogP) is 1.69. The van der Waals surface area contributed by atoms with E-state index in [2.05, 4.69) is 9.71 Å². The summed E-state index contributed by atoms with van der Waals surface area (Å²) < 4.78 is 25.7. The van der Waals surface area contributed by atoms with Gasteiger partial charge in [0.2, 0.25) is 10.0 Å². The van der Waals surface area contributed by atoms with E-state index in [9.17, 15) is 8.42 Å². The zero-order valence-corrected chi connectivity index (χ0v) is 10.6. The molecule has 90 valence electrons. The summed E-state index contributed by atoms with van der Waals surface area (Å²) in [6.07, 6.45) is 2.09. The van der Waals surface area contributed by atoms with Gasteiger partial charge in [0.25, 0.3) is 0 Å². The number of hydrogen-bond donors (Lipinski definition) is 1. The molecule has 0 fully saturated rings. The van der Waals surface area contributed by atoms with E-state index in [1.54, 1.807) is 25.3 Å². The molecule has 16 heavy (non-hydrogen) atoms. The van der Waals surface area contributed by atoms with E-state index in [-0.39, 0.29) is 11.8 Å². The van der Waals surface area contributed by atoms with Crippen molar-refractivity contribution in [1.29, 1.82) is 0 Å². The molecule has 0 aliphatic heterocycles. The maximum absolute atomic E-state index is 11.6. The van der Waals surface area contributed by atoms with Gasteiger partial charge in [0.15, 0.2) is 0 Å². The van der Waals surface area contributed by atoms with Gasteiger partial charge in [-0.1, -0.05) is 6.07 Å². The molecule has 1 N–H and O–H groups in total. The third kappa shape index (κ3) is 4.47. The van der Waals surface area contributed by atoms with Gasteiger partial charge in [-0.2, -0.15) is 0 Å². The van der Waals surface area contributed by atoms with E-state index in [4.69, 9.17) is 11.6 Å². The summed E-state index contributed by atoms with van der Waals surface area (Å²) in [7, 11) is -3.27. The molecule has 0 aliphatic rings. The van der Waals surface area contributed by atoms with Crippen molar-refractivity contribution in [3.8, 4) is 0 Å².